The average molecular weight is 366 g/mol. The molecule has 0 saturated carbocycles. The van der Waals surface area contributed by atoms with E-state index in [9.17, 15) is 10.1 Å². The van der Waals surface area contributed by atoms with Crippen LogP contribution in [0.4, 0.5) is 5.69 Å². The van der Waals surface area contributed by atoms with Crippen LogP contribution in [-0.4, -0.2) is 41.5 Å². The van der Waals surface area contributed by atoms with Crippen molar-refractivity contribution < 1.29 is 9.66 Å². The Hall–Kier alpha value is -2.75. The summed E-state index contributed by atoms with van der Waals surface area (Å²) in [5, 5.41) is 23.0. The smallest absolute Gasteiger partial charge is 0.352 e. The molecule has 0 aliphatic rings. The minimum absolute atomic E-state index is 0.00808. The summed E-state index contributed by atoms with van der Waals surface area (Å²) in [6, 6.07) is 0. The lowest BCUT2D eigenvalue weighted by Crippen LogP contribution is -2.07. The second kappa shape index (κ2) is 7.01. The van der Waals surface area contributed by atoms with Gasteiger partial charge in [0.2, 0.25) is 5.28 Å². The highest BCUT2D eigenvalue weighted by Crippen LogP contribution is 2.28. The molecule has 11 heteroatoms. The number of aromatic nitrogens is 6. The molecule has 1 N–H and O–H groups in total. The number of rotatable bonds is 7. The molecule has 0 aliphatic heterocycles. The van der Waals surface area contributed by atoms with Crippen LogP contribution in [0.1, 0.15) is 24.7 Å². The van der Waals surface area contributed by atoms with Crippen molar-refractivity contribution in [3.63, 3.8) is 0 Å². The third-order valence-corrected chi connectivity index (χ3v) is 3.90. The number of nitro groups is 1. The quantitative estimate of drug-likeness (QED) is 0.295. The van der Waals surface area contributed by atoms with E-state index in [1.165, 1.54) is 0 Å². The molecule has 0 bridgehead atoms. The molecule has 132 valence electrons. The second-order valence-electron chi connectivity index (χ2n) is 5.35. The minimum Gasteiger partial charge on any atom is -0.472 e. The maximum atomic E-state index is 11.1. The van der Waals surface area contributed by atoms with E-state index in [2.05, 4.69) is 25.3 Å². The van der Waals surface area contributed by atoms with Gasteiger partial charge in [-0.1, -0.05) is 6.92 Å². The third kappa shape index (κ3) is 3.38. The summed E-state index contributed by atoms with van der Waals surface area (Å²) in [5.74, 6) is 0.00808. The van der Waals surface area contributed by atoms with Gasteiger partial charge >= 0.3 is 11.6 Å². The van der Waals surface area contributed by atoms with Crippen LogP contribution in [-0.2, 0) is 13.0 Å². The first kappa shape index (κ1) is 17.1. The number of nitrogens with zero attached hydrogens (tertiary/aromatic N) is 6. The van der Waals surface area contributed by atoms with Crippen molar-refractivity contribution in [2.45, 2.75) is 33.2 Å². The van der Waals surface area contributed by atoms with E-state index >= 15 is 0 Å². The Bertz CT molecular complexity index is 921. The number of aryl methyl sites for hydroxylation is 3. The number of fused-ring (bicyclic) bond motifs is 1. The summed E-state index contributed by atoms with van der Waals surface area (Å²) in [6.45, 7) is 4.46. The molecule has 3 aromatic rings. The first-order chi connectivity index (χ1) is 12.0. The lowest BCUT2D eigenvalue weighted by molar-refractivity contribution is -0.386. The van der Waals surface area contributed by atoms with Crippen LogP contribution >= 0.6 is 11.6 Å². The molecule has 0 atom stereocenters. The molecule has 0 radical (unpaired) electrons. The Morgan fingerprint density at radius 3 is 3.00 bits per heavy atom. The summed E-state index contributed by atoms with van der Waals surface area (Å²) in [5.41, 5.74) is 1.79. The van der Waals surface area contributed by atoms with Crippen molar-refractivity contribution in [3.8, 4) is 5.88 Å². The lowest BCUT2D eigenvalue weighted by Gasteiger charge is -2.04. The maximum Gasteiger partial charge on any atom is 0.352 e. The van der Waals surface area contributed by atoms with Gasteiger partial charge in [0.25, 0.3) is 0 Å². The molecule has 0 aliphatic carbocycles. The van der Waals surface area contributed by atoms with E-state index in [0.717, 1.165) is 11.1 Å². The fraction of sp³-hybridized carbons (Fsp3) is 0.429. The zero-order valence-corrected chi connectivity index (χ0v) is 14.4. The van der Waals surface area contributed by atoms with Gasteiger partial charge in [0, 0.05) is 19.2 Å². The fourth-order valence-corrected chi connectivity index (χ4v) is 2.64. The summed E-state index contributed by atoms with van der Waals surface area (Å²) in [4.78, 5) is 18.8. The molecule has 0 spiro atoms. The van der Waals surface area contributed by atoms with Gasteiger partial charge in [-0.05, 0) is 24.9 Å². The maximum absolute atomic E-state index is 11.1. The highest BCUT2D eigenvalue weighted by atomic mass is 35.5. The zero-order valence-electron chi connectivity index (χ0n) is 13.7. The number of H-pyrrole nitrogens is 1. The average Bonchev–Trinajstić information content (AvgIpc) is 3.12. The number of aromatic amines is 1. The van der Waals surface area contributed by atoms with E-state index in [1.54, 1.807) is 10.9 Å². The van der Waals surface area contributed by atoms with Gasteiger partial charge in [0.1, 0.15) is 5.69 Å². The molecule has 3 aromatic heterocycles. The Labute approximate surface area is 147 Å². The van der Waals surface area contributed by atoms with Crippen molar-refractivity contribution in [1.82, 2.24) is 29.9 Å². The van der Waals surface area contributed by atoms with E-state index in [0.29, 0.717) is 30.7 Å². The van der Waals surface area contributed by atoms with Crippen molar-refractivity contribution in [1.29, 1.82) is 0 Å². The molecule has 10 nitrogen and oxygen atoms in total. The van der Waals surface area contributed by atoms with Crippen LogP contribution in [0.2, 0.25) is 5.28 Å². The first-order valence-corrected chi connectivity index (χ1v) is 8.09. The molecule has 3 heterocycles. The highest BCUT2D eigenvalue weighted by molar-refractivity contribution is 6.28. The van der Waals surface area contributed by atoms with Crippen molar-refractivity contribution in [3.05, 3.63) is 33.0 Å². The van der Waals surface area contributed by atoms with Gasteiger partial charge in [-0.3, -0.25) is 15.2 Å². The predicted molar refractivity (Wildman–Crippen MR) is 89.8 cm³/mol. The van der Waals surface area contributed by atoms with E-state index < -0.39 is 4.92 Å². The zero-order chi connectivity index (χ0) is 18.0. The monoisotopic (exact) mass is 365 g/mol. The predicted octanol–water partition coefficient (Wildman–Crippen LogP) is 2.45. The van der Waals surface area contributed by atoms with Gasteiger partial charge in [-0.25, -0.2) is 9.67 Å². The molecule has 0 fully saturated rings. The van der Waals surface area contributed by atoms with Gasteiger partial charge in [-0.2, -0.15) is 10.1 Å². The Morgan fingerprint density at radius 1 is 1.48 bits per heavy atom. The molecule has 0 amide bonds. The normalized spacial score (nSPS) is 11.2. The minimum atomic E-state index is -0.485. The summed E-state index contributed by atoms with van der Waals surface area (Å²) >= 11 is 5.84. The SMILES string of the molecule is CCc1[nH]nc(OCCCn2nc(C)c3cnc(Cl)nc32)c1[N+](=O)[O-]. The topological polar surface area (TPSA) is 125 Å². The molecule has 25 heavy (non-hydrogen) atoms. The molecular weight excluding hydrogens is 350 g/mol. The van der Waals surface area contributed by atoms with E-state index in [4.69, 9.17) is 16.3 Å². The Kier molecular flexibility index (Phi) is 4.79. The van der Waals surface area contributed by atoms with Gasteiger partial charge in [0.15, 0.2) is 5.65 Å². The van der Waals surface area contributed by atoms with Gasteiger partial charge in [-0.15, -0.1) is 5.10 Å². The fourth-order valence-electron chi connectivity index (χ4n) is 2.51. The van der Waals surface area contributed by atoms with Crippen molar-refractivity contribution >= 4 is 28.3 Å². The largest absolute Gasteiger partial charge is 0.472 e. The number of ether oxygens (including phenoxy) is 1. The first-order valence-electron chi connectivity index (χ1n) is 7.71. The summed E-state index contributed by atoms with van der Waals surface area (Å²) in [7, 11) is 0. The Morgan fingerprint density at radius 2 is 2.28 bits per heavy atom. The van der Waals surface area contributed by atoms with Gasteiger partial charge < -0.3 is 4.74 Å². The van der Waals surface area contributed by atoms with E-state index in [-0.39, 0.29) is 23.5 Å². The van der Waals surface area contributed by atoms with E-state index in [1.807, 2.05) is 13.8 Å². The summed E-state index contributed by atoms with van der Waals surface area (Å²) < 4.78 is 7.18. The van der Waals surface area contributed by atoms with Gasteiger partial charge in [0.05, 0.1) is 22.6 Å². The van der Waals surface area contributed by atoms with Crippen LogP contribution in [0, 0.1) is 17.0 Å². The molecule has 3 rings (SSSR count). The van der Waals surface area contributed by atoms with Crippen molar-refractivity contribution in [2.75, 3.05) is 6.61 Å². The second-order valence-corrected chi connectivity index (χ2v) is 5.69. The number of hydrogen-bond acceptors (Lipinski definition) is 7. The van der Waals surface area contributed by atoms with Crippen LogP contribution < -0.4 is 4.74 Å². The number of hydrogen-bond donors (Lipinski definition) is 1. The molecule has 0 aromatic carbocycles. The standard InChI is InChI=1S/C14H16ClN7O3/c1-3-10-11(22(23)24)13(19-18-10)25-6-4-5-21-12-9(8(2)20-21)7-16-14(15)17-12/h7H,3-6H2,1-2H3,(H,18,19). The van der Waals surface area contributed by atoms with Crippen LogP contribution in [0.15, 0.2) is 6.20 Å². The molecule has 0 unspecified atom stereocenters. The van der Waals surface area contributed by atoms with Crippen LogP contribution in [0.3, 0.4) is 0 Å². The highest BCUT2D eigenvalue weighted by Gasteiger charge is 2.24. The third-order valence-electron chi connectivity index (χ3n) is 3.71. The Balaban J connectivity index is 1.66. The summed E-state index contributed by atoms with van der Waals surface area (Å²) in [6.07, 6.45) is 2.69. The van der Waals surface area contributed by atoms with Crippen LogP contribution in [0.5, 0.6) is 5.88 Å². The number of halogens is 1. The van der Waals surface area contributed by atoms with Crippen molar-refractivity contribution in [2.24, 2.45) is 0 Å². The number of nitrogens with one attached hydrogen (secondary N) is 1. The lowest BCUT2D eigenvalue weighted by atomic mass is 10.3. The molecular formula is C14H16ClN7O3. The molecule has 0 saturated heterocycles. The van der Waals surface area contributed by atoms with Crippen LogP contribution in [0.25, 0.3) is 11.0 Å².